The van der Waals surface area contributed by atoms with Crippen molar-refractivity contribution in [2.24, 2.45) is 23.5 Å². The maximum atomic E-state index is 12.4. The molecule has 0 heterocycles. The minimum absolute atomic E-state index is 0.0425. The normalized spacial score (nSPS) is 29.4. The Hall–Kier alpha value is -0.570. The molecule has 1 fully saturated rings. The SMILES string of the molecule is CC(C)CCN(C)C(=O)C1C(C)CCCC1N. The Morgan fingerprint density at radius 3 is 2.59 bits per heavy atom. The summed E-state index contributed by atoms with van der Waals surface area (Å²) in [5.74, 6) is 1.38. The van der Waals surface area contributed by atoms with Crippen molar-refractivity contribution in [2.75, 3.05) is 13.6 Å². The molecule has 0 bridgehead atoms. The maximum Gasteiger partial charge on any atom is 0.227 e. The number of rotatable bonds is 4. The zero-order chi connectivity index (χ0) is 13.0. The van der Waals surface area contributed by atoms with Gasteiger partial charge < -0.3 is 10.6 Å². The number of nitrogens with zero attached hydrogens (tertiary/aromatic N) is 1. The molecule has 1 aliphatic carbocycles. The minimum atomic E-state index is 0.0425. The lowest BCUT2D eigenvalue weighted by Gasteiger charge is -2.35. The van der Waals surface area contributed by atoms with Crippen LogP contribution in [0, 0.1) is 17.8 Å². The first kappa shape index (κ1) is 14.5. The monoisotopic (exact) mass is 240 g/mol. The smallest absolute Gasteiger partial charge is 0.227 e. The fourth-order valence-corrected chi connectivity index (χ4v) is 2.70. The van der Waals surface area contributed by atoms with Crippen LogP contribution in [-0.4, -0.2) is 30.4 Å². The first-order chi connectivity index (χ1) is 7.93. The molecule has 3 heteroatoms. The number of nitrogens with two attached hydrogens (primary N) is 1. The van der Waals surface area contributed by atoms with E-state index in [1.54, 1.807) is 0 Å². The second-order valence-electron chi connectivity index (χ2n) is 6.04. The summed E-state index contributed by atoms with van der Waals surface area (Å²) in [4.78, 5) is 14.3. The van der Waals surface area contributed by atoms with E-state index in [1.807, 2.05) is 11.9 Å². The highest BCUT2D eigenvalue weighted by Gasteiger charge is 2.35. The van der Waals surface area contributed by atoms with Crippen molar-refractivity contribution in [1.29, 1.82) is 0 Å². The van der Waals surface area contributed by atoms with Crippen molar-refractivity contribution < 1.29 is 4.79 Å². The van der Waals surface area contributed by atoms with E-state index in [-0.39, 0.29) is 17.9 Å². The lowest BCUT2D eigenvalue weighted by atomic mass is 9.76. The van der Waals surface area contributed by atoms with Crippen molar-refractivity contribution in [3.05, 3.63) is 0 Å². The number of carbonyl (C=O) groups is 1. The van der Waals surface area contributed by atoms with E-state index in [4.69, 9.17) is 5.73 Å². The standard InChI is InChI=1S/C14H28N2O/c1-10(2)8-9-16(4)14(17)13-11(3)6-5-7-12(13)15/h10-13H,5-9,15H2,1-4H3. The van der Waals surface area contributed by atoms with Gasteiger partial charge in [0.2, 0.25) is 5.91 Å². The molecule has 3 nitrogen and oxygen atoms in total. The van der Waals surface area contributed by atoms with Gasteiger partial charge in [-0.25, -0.2) is 0 Å². The van der Waals surface area contributed by atoms with Crippen molar-refractivity contribution >= 4 is 5.91 Å². The number of hydrogen-bond donors (Lipinski definition) is 1. The van der Waals surface area contributed by atoms with Gasteiger partial charge in [0, 0.05) is 19.6 Å². The molecule has 0 aromatic heterocycles. The van der Waals surface area contributed by atoms with Gasteiger partial charge in [-0.05, 0) is 31.1 Å². The maximum absolute atomic E-state index is 12.4. The van der Waals surface area contributed by atoms with Crippen LogP contribution in [0.2, 0.25) is 0 Å². The van der Waals surface area contributed by atoms with E-state index >= 15 is 0 Å². The predicted octanol–water partition coefficient (Wildman–Crippen LogP) is 2.25. The Morgan fingerprint density at radius 2 is 2.06 bits per heavy atom. The summed E-state index contributed by atoms with van der Waals surface area (Å²) in [6.07, 6.45) is 4.38. The van der Waals surface area contributed by atoms with Crippen molar-refractivity contribution in [3.63, 3.8) is 0 Å². The lowest BCUT2D eigenvalue weighted by molar-refractivity contribution is -0.137. The minimum Gasteiger partial charge on any atom is -0.345 e. The second-order valence-corrected chi connectivity index (χ2v) is 6.04. The van der Waals surface area contributed by atoms with Crippen LogP contribution < -0.4 is 5.73 Å². The van der Waals surface area contributed by atoms with E-state index in [2.05, 4.69) is 20.8 Å². The van der Waals surface area contributed by atoms with Gasteiger partial charge in [-0.3, -0.25) is 4.79 Å². The Kier molecular flexibility index (Phi) is 5.44. The molecule has 17 heavy (non-hydrogen) atoms. The van der Waals surface area contributed by atoms with Crippen molar-refractivity contribution in [3.8, 4) is 0 Å². The Balaban J connectivity index is 2.54. The fraction of sp³-hybridized carbons (Fsp3) is 0.929. The summed E-state index contributed by atoms with van der Waals surface area (Å²) in [6.45, 7) is 7.39. The predicted molar refractivity (Wildman–Crippen MR) is 71.6 cm³/mol. The van der Waals surface area contributed by atoms with Gasteiger partial charge >= 0.3 is 0 Å². The van der Waals surface area contributed by atoms with Crippen LogP contribution in [0.15, 0.2) is 0 Å². The molecule has 1 saturated carbocycles. The van der Waals surface area contributed by atoms with E-state index in [1.165, 1.54) is 6.42 Å². The zero-order valence-corrected chi connectivity index (χ0v) is 11.8. The fourth-order valence-electron chi connectivity index (χ4n) is 2.70. The van der Waals surface area contributed by atoms with E-state index in [0.29, 0.717) is 11.8 Å². The van der Waals surface area contributed by atoms with Gasteiger partial charge in [0.05, 0.1) is 5.92 Å². The molecule has 0 aromatic carbocycles. The van der Waals surface area contributed by atoms with Gasteiger partial charge in [-0.15, -0.1) is 0 Å². The molecular weight excluding hydrogens is 212 g/mol. The van der Waals surface area contributed by atoms with E-state index in [0.717, 1.165) is 25.8 Å². The average Bonchev–Trinajstić information content (AvgIpc) is 2.25. The third-order valence-electron chi connectivity index (χ3n) is 3.97. The topological polar surface area (TPSA) is 46.3 Å². The molecule has 100 valence electrons. The Bertz CT molecular complexity index is 243. The van der Waals surface area contributed by atoms with Gasteiger partial charge in [-0.1, -0.05) is 27.2 Å². The third-order valence-corrected chi connectivity index (χ3v) is 3.97. The summed E-state index contributed by atoms with van der Waals surface area (Å²) in [5.41, 5.74) is 6.12. The highest BCUT2D eigenvalue weighted by molar-refractivity contribution is 5.79. The molecule has 2 N–H and O–H groups in total. The van der Waals surface area contributed by atoms with Gasteiger partial charge in [0.1, 0.15) is 0 Å². The third kappa shape index (κ3) is 3.98. The summed E-state index contributed by atoms with van der Waals surface area (Å²) in [7, 11) is 1.92. The van der Waals surface area contributed by atoms with Crippen LogP contribution in [0.4, 0.5) is 0 Å². The molecule has 0 saturated heterocycles. The van der Waals surface area contributed by atoms with Crippen LogP contribution in [0.1, 0.15) is 46.5 Å². The summed E-state index contributed by atoms with van der Waals surface area (Å²) in [6, 6.07) is 0.0627. The lowest BCUT2D eigenvalue weighted by Crippen LogP contribution is -2.48. The zero-order valence-electron chi connectivity index (χ0n) is 11.8. The first-order valence-corrected chi connectivity index (χ1v) is 6.94. The van der Waals surface area contributed by atoms with Gasteiger partial charge in [0.15, 0.2) is 0 Å². The van der Waals surface area contributed by atoms with Crippen LogP contribution in [0.5, 0.6) is 0 Å². The molecule has 0 aromatic rings. The van der Waals surface area contributed by atoms with Crippen LogP contribution >= 0.6 is 0 Å². The summed E-state index contributed by atoms with van der Waals surface area (Å²) >= 11 is 0. The van der Waals surface area contributed by atoms with Crippen LogP contribution in [-0.2, 0) is 4.79 Å². The number of amides is 1. The number of hydrogen-bond acceptors (Lipinski definition) is 2. The average molecular weight is 240 g/mol. The quantitative estimate of drug-likeness (QED) is 0.819. The molecule has 0 radical (unpaired) electrons. The highest BCUT2D eigenvalue weighted by atomic mass is 16.2. The van der Waals surface area contributed by atoms with Crippen LogP contribution in [0.3, 0.4) is 0 Å². The Morgan fingerprint density at radius 1 is 1.41 bits per heavy atom. The molecule has 0 aliphatic heterocycles. The number of carbonyl (C=O) groups excluding carboxylic acids is 1. The van der Waals surface area contributed by atoms with Crippen LogP contribution in [0.25, 0.3) is 0 Å². The molecule has 1 rings (SSSR count). The first-order valence-electron chi connectivity index (χ1n) is 6.94. The molecule has 1 aliphatic rings. The summed E-state index contributed by atoms with van der Waals surface area (Å²) < 4.78 is 0. The molecule has 3 unspecified atom stereocenters. The van der Waals surface area contributed by atoms with Crippen molar-refractivity contribution in [1.82, 2.24) is 4.90 Å². The summed E-state index contributed by atoms with van der Waals surface area (Å²) in [5, 5.41) is 0. The van der Waals surface area contributed by atoms with Gasteiger partial charge in [0.25, 0.3) is 0 Å². The van der Waals surface area contributed by atoms with E-state index in [9.17, 15) is 4.79 Å². The van der Waals surface area contributed by atoms with Crippen molar-refractivity contribution in [2.45, 2.75) is 52.5 Å². The molecular formula is C14H28N2O. The highest BCUT2D eigenvalue weighted by Crippen LogP contribution is 2.30. The molecule has 3 atom stereocenters. The van der Waals surface area contributed by atoms with E-state index < -0.39 is 0 Å². The molecule has 0 spiro atoms. The molecule has 1 amide bonds. The second kappa shape index (κ2) is 6.39. The van der Waals surface area contributed by atoms with Gasteiger partial charge in [-0.2, -0.15) is 0 Å². The Labute approximate surface area is 106 Å². The largest absolute Gasteiger partial charge is 0.345 e.